The van der Waals surface area contributed by atoms with Crippen LogP contribution in [0.4, 0.5) is 0 Å². The number of piperidine rings is 1. The summed E-state index contributed by atoms with van der Waals surface area (Å²) in [6, 6.07) is 3.82. The first-order chi connectivity index (χ1) is 16.8. The molecule has 5 aliphatic heterocycles. The fraction of sp³-hybridized carbons (Fsp3) is 0.577. The average molecular weight is 483 g/mol. The second kappa shape index (κ2) is 8.15. The van der Waals surface area contributed by atoms with E-state index < -0.39 is 11.7 Å². The van der Waals surface area contributed by atoms with Crippen LogP contribution in [0.2, 0.25) is 0 Å². The predicted octanol–water partition coefficient (Wildman–Crippen LogP) is 1.75. The van der Waals surface area contributed by atoms with Crippen LogP contribution >= 0.6 is 0 Å². The Morgan fingerprint density at radius 2 is 1.77 bits per heavy atom. The summed E-state index contributed by atoms with van der Waals surface area (Å²) in [6.45, 7) is 5.33. The highest BCUT2D eigenvalue weighted by atomic mass is 16.5. The van der Waals surface area contributed by atoms with Gasteiger partial charge in [-0.05, 0) is 43.9 Å². The summed E-state index contributed by atoms with van der Waals surface area (Å²) in [5, 5.41) is 11.2. The fourth-order valence-corrected chi connectivity index (χ4v) is 6.66. The molecular weight excluding hydrogens is 452 g/mol. The summed E-state index contributed by atoms with van der Waals surface area (Å²) in [7, 11) is 0. The molecule has 2 unspecified atom stereocenters. The Morgan fingerprint density at radius 1 is 1.06 bits per heavy atom. The van der Waals surface area contributed by atoms with Gasteiger partial charge in [0.25, 0.3) is 5.91 Å². The van der Waals surface area contributed by atoms with Crippen molar-refractivity contribution in [1.82, 2.24) is 9.80 Å². The van der Waals surface area contributed by atoms with Gasteiger partial charge in [-0.3, -0.25) is 9.69 Å². The van der Waals surface area contributed by atoms with Crippen molar-refractivity contribution >= 4 is 17.8 Å². The number of carbonyl (C=O) groups is 3. The van der Waals surface area contributed by atoms with Gasteiger partial charge in [0, 0.05) is 43.6 Å². The van der Waals surface area contributed by atoms with E-state index in [4.69, 9.17) is 14.2 Å². The molecule has 0 aliphatic carbocycles. The number of aliphatic hydroxyl groups excluding tert-OH is 1. The van der Waals surface area contributed by atoms with Gasteiger partial charge < -0.3 is 24.2 Å². The fourth-order valence-electron chi connectivity index (χ4n) is 6.66. The van der Waals surface area contributed by atoms with Gasteiger partial charge in [-0.25, -0.2) is 9.59 Å². The molecule has 1 aromatic carbocycles. The number of fused-ring (bicyclic) bond motifs is 3. The summed E-state index contributed by atoms with van der Waals surface area (Å²) in [5.74, 6) is -0.753. The lowest BCUT2D eigenvalue weighted by Gasteiger charge is -2.49. The van der Waals surface area contributed by atoms with Crippen LogP contribution in [-0.2, 0) is 30.4 Å². The molecule has 35 heavy (non-hydrogen) atoms. The van der Waals surface area contributed by atoms with Gasteiger partial charge in [0.05, 0.1) is 29.5 Å². The van der Waals surface area contributed by atoms with Crippen molar-refractivity contribution in [2.24, 2.45) is 0 Å². The molecule has 9 heteroatoms. The van der Waals surface area contributed by atoms with E-state index in [1.54, 1.807) is 17.9 Å². The van der Waals surface area contributed by atoms with Crippen molar-refractivity contribution < 1.29 is 33.7 Å². The first-order valence-corrected chi connectivity index (χ1v) is 12.3. The van der Waals surface area contributed by atoms with Crippen molar-refractivity contribution in [2.45, 2.75) is 69.9 Å². The number of hydrogen-bond acceptors (Lipinski definition) is 8. The molecule has 186 valence electrons. The minimum Gasteiger partial charge on any atom is -0.457 e. The van der Waals surface area contributed by atoms with Crippen molar-refractivity contribution in [3.63, 3.8) is 0 Å². The number of amides is 1. The van der Waals surface area contributed by atoms with Gasteiger partial charge in [-0.15, -0.1) is 0 Å². The number of hydrogen-bond donors (Lipinski definition) is 1. The zero-order valence-electron chi connectivity index (χ0n) is 20.0. The standard InChI is InChI=1S/C26H30N2O7/c1-14-18(5-6-19-20(14)12-33-24(19)31)22(29)11-28-16-3-4-17(28)10-26(9-16)25(32)27(7-8-35-26)21-13-34-23(30)15(21)2/h5-6,16-17,22,29H,3-4,7-13H2,1-2H3/t16?,17?,22-,26?/m0/s1. The molecule has 1 amide bonds. The molecule has 1 aromatic rings. The molecule has 9 nitrogen and oxygen atoms in total. The summed E-state index contributed by atoms with van der Waals surface area (Å²) < 4.78 is 16.5. The zero-order chi connectivity index (χ0) is 24.5. The molecule has 3 fully saturated rings. The number of benzene rings is 1. The predicted molar refractivity (Wildman–Crippen MR) is 122 cm³/mol. The molecular formula is C26H30N2O7. The van der Waals surface area contributed by atoms with E-state index in [1.165, 1.54) is 0 Å². The normalized spacial score (nSPS) is 31.3. The minimum atomic E-state index is -0.897. The maximum absolute atomic E-state index is 13.7. The summed E-state index contributed by atoms with van der Waals surface area (Å²) in [4.78, 5) is 41.4. The molecule has 2 bridgehead atoms. The summed E-state index contributed by atoms with van der Waals surface area (Å²) in [6.07, 6.45) is 2.33. The third-order valence-electron chi connectivity index (χ3n) is 8.59. The molecule has 5 heterocycles. The van der Waals surface area contributed by atoms with Gasteiger partial charge in [0.1, 0.15) is 18.8 Å². The maximum atomic E-state index is 13.7. The van der Waals surface area contributed by atoms with E-state index in [0.717, 1.165) is 29.5 Å². The second-order valence-electron chi connectivity index (χ2n) is 10.3. The van der Waals surface area contributed by atoms with Crippen molar-refractivity contribution in [1.29, 1.82) is 0 Å². The highest BCUT2D eigenvalue weighted by Crippen LogP contribution is 2.46. The molecule has 0 saturated carbocycles. The van der Waals surface area contributed by atoms with Gasteiger partial charge in [-0.2, -0.15) is 0 Å². The number of morpholine rings is 1. The molecule has 0 aromatic heterocycles. The van der Waals surface area contributed by atoms with Crippen molar-refractivity contribution in [3.8, 4) is 0 Å². The van der Waals surface area contributed by atoms with Crippen LogP contribution in [0.3, 0.4) is 0 Å². The zero-order valence-corrected chi connectivity index (χ0v) is 20.0. The SMILES string of the molecule is CC1=C(N2CCOC3(CC4CCC(C3)N4C[C@H](O)c3ccc4c(c3C)COC4=O)C2=O)COC1=O. The number of rotatable bonds is 4. The highest BCUT2D eigenvalue weighted by Gasteiger charge is 2.56. The van der Waals surface area contributed by atoms with Gasteiger partial charge >= 0.3 is 11.9 Å². The van der Waals surface area contributed by atoms with Crippen molar-refractivity contribution in [2.75, 3.05) is 26.3 Å². The Kier molecular flexibility index (Phi) is 5.28. The Hall–Kier alpha value is -2.75. The topological polar surface area (TPSA) is 106 Å². The maximum Gasteiger partial charge on any atom is 0.338 e. The first-order valence-electron chi connectivity index (χ1n) is 12.3. The highest BCUT2D eigenvalue weighted by molar-refractivity contribution is 5.95. The van der Waals surface area contributed by atoms with Crippen LogP contribution in [0.25, 0.3) is 0 Å². The minimum absolute atomic E-state index is 0.0763. The van der Waals surface area contributed by atoms with Crippen LogP contribution < -0.4 is 0 Å². The summed E-state index contributed by atoms with van der Waals surface area (Å²) >= 11 is 0. The number of aliphatic hydroxyl groups is 1. The number of esters is 2. The van der Waals surface area contributed by atoms with Crippen molar-refractivity contribution in [3.05, 3.63) is 45.7 Å². The molecule has 1 N–H and O–H groups in total. The average Bonchev–Trinajstić information content (AvgIpc) is 3.45. The van der Waals surface area contributed by atoms with Crippen LogP contribution in [0.5, 0.6) is 0 Å². The smallest absolute Gasteiger partial charge is 0.338 e. The van der Waals surface area contributed by atoms with E-state index in [9.17, 15) is 19.5 Å². The molecule has 1 spiro atoms. The Labute approximate surface area is 203 Å². The molecule has 5 aliphatic rings. The molecule has 6 rings (SSSR count). The quantitative estimate of drug-likeness (QED) is 0.648. The van der Waals surface area contributed by atoms with Gasteiger partial charge in [-0.1, -0.05) is 6.07 Å². The summed E-state index contributed by atoms with van der Waals surface area (Å²) in [5.41, 5.74) is 3.40. The molecule has 3 atom stereocenters. The van der Waals surface area contributed by atoms with Gasteiger partial charge in [0.15, 0.2) is 0 Å². The number of carbonyl (C=O) groups excluding carboxylic acids is 3. The second-order valence-corrected chi connectivity index (χ2v) is 10.3. The van der Waals surface area contributed by atoms with Crippen LogP contribution in [0.15, 0.2) is 23.4 Å². The van der Waals surface area contributed by atoms with Crippen LogP contribution in [-0.4, -0.2) is 76.7 Å². The molecule has 0 radical (unpaired) electrons. The first kappa shape index (κ1) is 22.7. The van der Waals surface area contributed by atoms with E-state index in [0.29, 0.717) is 49.4 Å². The lowest BCUT2D eigenvalue weighted by molar-refractivity contribution is -0.182. The largest absolute Gasteiger partial charge is 0.457 e. The van der Waals surface area contributed by atoms with E-state index in [-0.39, 0.29) is 43.1 Å². The van der Waals surface area contributed by atoms with E-state index in [1.807, 2.05) is 13.0 Å². The van der Waals surface area contributed by atoms with Crippen LogP contribution in [0, 0.1) is 6.92 Å². The lowest BCUT2D eigenvalue weighted by Crippen LogP contribution is -2.63. The van der Waals surface area contributed by atoms with Crippen LogP contribution in [0.1, 0.15) is 65.8 Å². The third-order valence-corrected chi connectivity index (χ3v) is 8.59. The number of ether oxygens (including phenoxy) is 3. The molecule has 3 saturated heterocycles. The Morgan fingerprint density at radius 3 is 2.46 bits per heavy atom. The number of nitrogens with zero attached hydrogens (tertiary/aromatic N) is 2. The number of cyclic esters (lactones) is 2. The monoisotopic (exact) mass is 482 g/mol. The van der Waals surface area contributed by atoms with E-state index >= 15 is 0 Å². The third kappa shape index (κ3) is 3.43. The lowest BCUT2D eigenvalue weighted by atomic mass is 9.83. The Bertz CT molecular complexity index is 1140. The van der Waals surface area contributed by atoms with E-state index in [2.05, 4.69) is 4.90 Å². The van der Waals surface area contributed by atoms with Gasteiger partial charge in [0.2, 0.25) is 0 Å². The Balaban J connectivity index is 1.20.